The molecule has 0 amide bonds. The molecule has 0 fully saturated rings. The Kier molecular flexibility index (Phi) is 21.4. The van der Waals surface area contributed by atoms with Gasteiger partial charge in [0.05, 0.1) is 18.8 Å². The van der Waals surface area contributed by atoms with E-state index in [9.17, 15) is 15.0 Å². The van der Waals surface area contributed by atoms with Crippen molar-refractivity contribution in [3.05, 3.63) is 12.3 Å². The van der Waals surface area contributed by atoms with E-state index in [1.807, 2.05) is 0 Å². The highest BCUT2D eigenvalue weighted by molar-refractivity contribution is 5.71. The molecular weight excluding hydrogens is 442 g/mol. The van der Waals surface area contributed by atoms with Crippen LogP contribution in [0.15, 0.2) is 12.3 Å². The molecule has 0 bridgehead atoms. The Labute approximate surface area is 216 Å². The second-order valence-corrected chi connectivity index (χ2v) is 10.8. The molecule has 1 atom stereocenters. The number of hydrogen-bond acceptors (Lipinski definition) is 6. The Balaban J connectivity index is 3.50. The Morgan fingerprint density at radius 2 is 1.26 bits per heavy atom. The highest BCUT2D eigenvalue weighted by Crippen LogP contribution is 2.14. The van der Waals surface area contributed by atoms with Gasteiger partial charge in [0.2, 0.25) is 0 Å². The van der Waals surface area contributed by atoms with Gasteiger partial charge in [0, 0.05) is 6.54 Å². The third kappa shape index (κ3) is 24.4. The fourth-order valence-electron chi connectivity index (χ4n) is 3.93. The van der Waals surface area contributed by atoms with Crippen molar-refractivity contribution in [3.8, 4) is 0 Å². The number of hydrogen-bond donors (Lipinski definition) is 2. The van der Waals surface area contributed by atoms with Gasteiger partial charge in [-0.05, 0) is 27.3 Å². The smallest absolute Gasteiger partial charge is 0.320 e. The summed E-state index contributed by atoms with van der Waals surface area (Å²) in [5.74, 6) is -0.107. The number of carbonyl (C=O) groups is 1. The molecule has 0 spiro atoms. The number of aliphatic hydroxyl groups excluding tert-OH is 1. The van der Waals surface area contributed by atoms with Gasteiger partial charge in [0.25, 0.3) is 0 Å². The average Bonchev–Trinajstić information content (AvgIpc) is 2.78. The van der Waals surface area contributed by atoms with E-state index in [-0.39, 0.29) is 31.4 Å². The average molecular weight is 500 g/mol. The molecule has 208 valence electrons. The fourth-order valence-corrected chi connectivity index (χ4v) is 3.93. The fraction of sp³-hybridized carbons (Fsp3) is 0.897. The predicted molar refractivity (Wildman–Crippen MR) is 145 cm³/mol. The lowest BCUT2D eigenvalue weighted by atomic mass is 10.0. The molecule has 0 rings (SSSR count). The second kappa shape index (κ2) is 22.1. The van der Waals surface area contributed by atoms with Gasteiger partial charge in [-0.1, -0.05) is 110 Å². The summed E-state index contributed by atoms with van der Waals surface area (Å²) >= 11 is 0. The Bertz CT molecular complexity index is 518. The van der Waals surface area contributed by atoms with Crippen LogP contribution in [-0.4, -0.2) is 66.1 Å². The molecule has 6 nitrogen and oxygen atoms in total. The number of carbonyl (C=O) groups excluding carboxylic acids is 1. The van der Waals surface area contributed by atoms with E-state index >= 15 is 0 Å². The van der Waals surface area contributed by atoms with Crippen LogP contribution in [0, 0.1) is 0 Å². The molecule has 0 aliphatic heterocycles. The van der Waals surface area contributed by atoms with Crippen LogP contribution in [0.4, 0.5) is 0 Å². The van der Waals surface area contributed by atoms with Crippen molar-refractivity contribution >= 4 is 5.97 Å². The Morgan fingerprint density at radius 1 is 0.829 bits per heavy atom. The first-order chi connectivity index (χ1) is 16.7. The highest BCUT2D eigenvalue weighted by Gasteiger charge is 2.19. The van der Waals surface area contributed by atoms with Crippen molar-refractivity contribution in [1.29, 1.82) is 0 Å². The summed E-state index contributed by atoms with van der Waals surface area (Å²) in [5.41, 5.74) is -0.995. The lowest BCUT2D eigenvalue weighted by molar-refractivity contribution is -0.145. The Hall–Kier alpha value is -1.11. The first kappa shape index (κ1) is 33.9. The normalized spacial score (nSPS) is 12.7. The van der Waals surface area contributed by atoms with Crippen LogP contribution in [-0.2, 0) is 14.3 Å². The number of rotatable bonds is 25. The van der Waals surface area contributed by atoms with Crippen molar-refractivity contribution in [3.63, 3.8) is 0 Å². The summed E-state index contributed by atoms with van der Waals surface area (Å²) in [6, 6.07) is 0. The maximum absolute atomic E-state index is 12.0. The van der Waals surface area contributed by atoms with E-state index in [1.165, 1.54) is 89.9 Å². The number of esters is 1. The summed E-state index contributed by atoms with van der Waals surface area (Å²) < 4.78 is 10.6. The standard InChI is InChI=1S/C29H57NO5/c1-6-7-8-9-10-11-12-13-14-15-16-17-18-19-20-21-22-34-28(32)24-30(5)23-27(31)26(2)35-25-29(3,4)33/h27,31,33H,2,6-25H2,1,3-5H3. The second-order valence-electron chi connectivity index (χ2n) is 10.8. The molecule has 35 heavy (non-hydrogen) atoms. The number of likely N-dealkylation sites (N-methyl/N-ethyl adjacent to an activating group) is 1. The molecule has 0 radical (unpaired) electrons. The van der Waals surface area contributed by atoms with Crippen LogP contribution in [0.3, 0.4) is 0 Å². The zero-order valence-electron chi connectivity index (χ0n) is 23.5. The SMILES string of the molecule is C=C(OCC(C)(C)O)C(O)CN(C)CC(=O)OCCCCCCCCCCCCCCCCCC. The van der Waals surface area contributed by atoms with Gasteiger partial charge in [-0.3, -0.25) is 9.69 Å². The van der Waals surface area contributed by atoms with Crippen molar-refractivity contribution in [2.45, 2.75) is 135 Å². The van der Waals surface area contributed by atoms with Gasteiger partial charge >= 0.3 is 5.97 Å². The molecule has 0 aliphatic carbocycles. The van der Waals surface area contributed by atoms with E-state index < -0.39 is 11.7 Å². The van der Waals surface area contributed by atoms with Crippen LogP contribution in [0.5, 0.6) is 0 Å². The van der Waals surface area contributed by atoms with Crippen LogP contribution in [0.1, 0.15) is 124 Å². The van der Waals surface area contributed by atoms with Gasteiger partial charge in [0.15, 0.2) is 0 Å². The van der Waals surface area contributed by atoms with Crippen molar-refractivity contribution in [2.24, 2.45) is 0 Å². The molecule has 0 saturated heterocycles. The quantitative estimate of drug-likeness (QED) is 0.0861. The molecule has 2 N–H and O–H groups in total. The third-order valence-corrected chi connectivity index (χ3v) is 6.13. The zero-order valence-corrected chi connectivity index (χ0v) is 23.5. The van der Waals surface area contributed by atoms with Gasteiger partial charge in [0.1, 0.15) is 18.5 Å². The maximum Gasteiger partial charge on any atom is 0.320 e. The maximum atomic E-state index is 12.0. The minimum atomic E-state index is -0.995. The van der Waals surface area contributed by atoms with Crippen LogP contribution in [0.25, 0.3) is 0 Å². The number of ether oxygens (including phenoxy) is 2. The molecule has 0 saturated carbocycles. The number of nitrogens with zero attached hydrogens (tertiary/aromatic N) is 1. The lowest BCUT2D eigenvalue weighted by Gasteiger charge is -2.24. The largest absolute Gasteiger partial charge is 0.493 e. The van der Waals surface area contributed by atoms with Gasteiger partial charge in [-0.15, -0.1) is 0 Å². The highest BCUT2D eigenvalue weighted by atomic mass is 16.5. The zero-order chi connectivity index (χ0) is 26.4. The van der Waals surface area contributed by atoms with Gasteiger partial charge < -0.3 is 19.7 Å². The summed E-state index contributed by atoms with van der Waals surface area (Å²) in [4.78, 5) is 13.7. The first-order valence-electron chi connectivity index (χ1n) is 14.2. The molecule has 0 aliphatic rings. The molecule has 0 aromatic carbocycles. The molecular formula is C29H57NO5. The summed E-state index contributed by atoms with van der Waals surface area (Å²) in [6.45, 7) is 10.0. The number of aliphatic hydroxyl groups is 2. The van der Waals surface area contributed by atoms with Crippen molar-refractivity contribution in [1.82, 2.24) is 4.90 Å². The topological polar surface area (TPSA) is 79.2 Å². The Morgan fingerprint density at radius 3 is 1.69 bits per heavy atom. The van der Waals surface area contributed by atoms with Gasteiger partial charge in [-0.2, -0.15) is 0 Å². The minimum absolute atomic E-state index is 0.0496. The minimum Gasteiger partial charge on any atom is -0.493 e. The third-order valence-electron chi connectivity index (χ3n) is 6.13. The first-order valence-corrected chi connectivity index (χ1v) is 14.2. The van der Waals surface area contributed by atoms with Crippen LogP contribution < -0.4 is 0 Å². The van der Waals surface area contributed by atoms with E-state index in [0.29, 0.717) is 6.61 Å². The summed E-state index contributed by atoms with van der Waals surface area (Å²) in [7, 11) is 1.74. The molecule has 1 unspecified atom stereocenters. The van der Waals surface area contributed by atoms with Crippen LogP contribution >= 0.6 is 0 Å². The van der Waals surface area contributed by atoms with Gasteiger partial charge in [-0.25, -0.2) is 0 Å². The van der Waals surface area contributed by atoms with E-state index in [1.54, 1.807) is 25.8 Å². The van der Waals surface area contributed by atoms with Crippen molar-refractivity contribution in [2.75, 3.05) is 33.4 Å². The van der Waals surface area contributed by atoms with Crippen LogP contribution in [0.2, 0.25) is 0 Å². The predicted octanol–water partition coefficient (Wildman–Crippen LogP) is 6.39. The summed E-state index contributed by atoms with van der Waals surface area (Å²) in [5, 5.41) is 19.8. The number of unbranched alkanes of at least 4 members (excludes halogenated alkanes) is 15. The monoisotopic (exact) mass is 499 g/mol. The molecule has 0 aromatic heterocycles. The molecule has 0 heterocycles. The summed E-state index contributed by atoms with van der Waals surface area (Å²) in [6.07, 6.45) is 20.2. The molecule has 6 heteroatoms. The van der Waals surface area contributed by atoms with E-state index in [4.69, 9.17) is 9.47 Å². The molecule has 0 aromatic rings. The van der Waals surface area contributed by atoms with Crippen molar-refractivity contribution < 1.29 is 24.5 Å². The van der Waals surface area contributed by atoms with E-state index in [2.05, 4.69) is 13.5 Å². The van der Waals surface area contributed by atoms with E-state index in [0.717, 1.165) is 12.8 Å². The lowest BCUT2D eigenvalue weighted by Crippen LogP contribution is -2.36.